The zero-order valence-electron chi connectivity index (χ0n) is 17.0. The molecule has 0 unspecified atom stereocenters. The Labute approximate surface area is 164 Å². The fraction of sp³-hybridized carbons (Fsp3) is 0.524. The first-order valence-electron chi connectivity index (χ1n) is 9.60. The fourth-order valence-corrected chi connectivity index (χ4v) is 2.98. The Hall–Kier alpha value is -2.31. The molecule has 0 spiro atoms. The fourth-order valence-electron chi connectivity index (χ4n) is 2.98. The van der Waals surface area contributed by atoms with E-state index in [1.54, 1.807) is 0 Å². The van der Waals surface area contributed by atoms with Crippen LogP contribution >= 0.6 is 0 Å². The van der Waals surface area contributed by atoms with Crippen molar-refractivity contribution < 1.29 is 22.6 Å². The smallest absolute Gasteiger partial charge is 0.417 e. The highest BCUT2D eigenvalue weighted by molar-refractivity contribution is 5.68. The summed E-state index contributed by atoms with van der Waals surface area (Å²) in [5, 5.41) is 0. The van der Waals surface area contributed by atoms with Crippen LogP contribution in [-0.2, 0) is 19.0 Å². The molecule has 0 amide bonds. The van der Waals surface area contributed by atoms with E-state index >= 15 is 0 Å². The van der Waals surface area contributed by atoms with Crippen molar-refractivity contribution in [3.63, 3.8) is 0 Å². The summed E-state index contributed by atoms with van der Waals surface area (Å²) in [6, 6.07) is 3.90. The largest absolute Gasteiger partial charge is 0.497 e. The van der Waals surface area contributed by atoms with Crippen molar-refractivity contribution in [1.82, 2.24) is 9.97 Å². The summed E-state index contributed by atoms with van der Waals surface area (Å²) in [5.74, 6) is 0.561. The van der Waals surface area contributed by atoms with Crippen LogP contribution in [0.15, 0.2) is 18.2 Å². The first-order chi connectivity index (χ1) is 13.3. The van der Waals surface area contributed by atoms with Gasteiger partial charge in [-0.3, -0.25) is 0 Å². The van der Waals surface area contributed by atoms with Gasteiger partial charge in [0, 0.05) is 5.56 Å². The van der Waals surface area contributed by atoms with Crippen LogP contribution in [0.1, 0.15) is 57.5 Å². The molecule has 0 aliphatic carbocycles. The second-order valence-corrected chi connectivity index (χ2v) is 6.44. The molecule has 0 aliphatic heterocycles. The average Bonchev–Trinajstić information content (AvgIpc) is 2.70. The highest BCUT2D eigenvalue weighted by Crippen LogP contribution is 2.40. The number of methoxy groups -OCH3 is 1. The van der Waals surface area contributed by atoms with Gasteiger partial charge in [-0.25, -0.2) is 9.97 Å². The Balaban J connectivity index is 2.66. The minimum atomic E-state index is -4.53. The van der Waals surface area contributed by atoms with Gasteiger partial charge in [0.1, 0.15) is 11.4 Å². The van der Waals surface area contributed by atoms with E-state index in [0.29, 0.717) is 30.1 Å². The number of nitrogens with zero attached hydrogens (tertiary/aromatic N) is 2. The molecule has 0 atom stereocenters. The van der Waals surface area contributed by atoms with Crippen LogP contribution in [0.5, 0.6) is 11.6 Å². The Bertz CT molecular complexity index is 803. The molecule has 7 heteroatoms. The van der Waals surface area contributed by atoms with Crippen LogP contribution in [0.2, 0.25) is 0 Å². The predicted octanol–water partition coefficient (Wildman–Crippen LogP) is 5.86. The van der Waals surface area contributed by atoms with Crippen molar-refractivity contribution in [3.05, 3.63) is 35.2 Å². The lowest BCUT2D eigenvalue weighted by Gasteiger charge is -2.20. The van der Waals surface area contributed by atoms with E-state index in [1.165, 1.54) is 19.2 Å². The maximum atomic E-state index is 13.7. The van der Waals surface area contributed by atoms with Crippen LogP contribution in [0.3, 0.4) is 0 Å². The molecule has 0 radical (unpaired) electrons. The van der Waals surface area contributed by atoms with Gasteiger partial charge in [-0.2, -0.15) is 13.2 Å². The summed E-state index contributed by atoms with van der Waals surface area (Å²) in [4.78, 5) is 9.11. The van der Waals surface area contributed by atoms with E-state index in [-0.39, 0.29) is 23.1 Å². The molecule has 28 heavy (non-hydrogen) atoms. The van der Waals surface area contributed by atoms with Gasteiger partial charge in [-0.1, -0.05) is 27.7 Å². The van der Waals surface area contributed by atoms with Crippen molar-refractivity contribution in [1.29, 1.82) is 0 Å². The molecule has 0 saturated heterocycles. The number of halogens is 3. The molecule has 1 heterocycles. The average molecular weight is 396 g/mol. The highest BCUT2D eigenvalue weighted by Gasteiger charge is 2.35. The maximum Gasteiger partial charge on any atom is 0.417 e. The van der Waals surface area contributed by atoms with Crippen molar-refractivity contribution in [2.45, 2.75) is 65.7 Å². The summed E-state index contributed by atoms with van der Waals surface area (Å²) in [5.41, 5.74) is 0.496. The number of benzene rings is 1. The van der Waals surface area contributed by atoms with Gasteiger partial charge in [0.25, 0.3) is 0 Å². The van der Waals surface area contributed by atoms with E-state index < -0.39 is 11.7 Å². The van der Waals surface area contributed by atoms with Gasteiger partial charge < -0.3 is 9.47 Å². The van der Waals surface area contributed by atoms with Gasteiger partial charge in [0.05, 0.1) is 30.2 Å². The van der Waals surface area contributed by atoms with E-state index in [1.807, 2.05) is 27.7 Å². The summed E-state index contributed by atoms with van der Waals surface area (Å²) in [7, 11) is 1.34. The number of aromatic nitrogens is 2. The third kappa shape index (κ3) is 4.75. The second-order valence-electron chi connectivity index (χ2n) is 6.44. The first kappa shape index (κ1) is 22.0. The van der Waals surface area contributed by atoms with Crippen molar-refractivity contribution in [2.24, 2.45) is 0 Å². The molecular weight excluding hydrogens is 369 g/mol. The summed E-state index contributed by atoms with van der Waals surface area (Å²) < 4.78 is 52.0. The minimum absolute atomic E-state index is 0.00133. The van der Waals surface area contributed by atoms with Crippen LogP contribution in [0.4, 0.5) is 13.2 Å². The number of rotatable bonds is 8. The minimum Gasteiger partial charge on any atom is -0.497 e. The predicted molar refractivity (Wildman–Crippen MR) is 103 cm³/mol. The molecule has 0 bridgehead atoms. The van der Waals surface area contributed by atoms with Gasteiger partial charge in [0.15, 0.2) is 0 Å². The number of alkyl halides is 3. The van der Waals surface area contributed by atoms with Crippen LogP contribution in [-0.4, -0.2) is 23.2 Å². The topological polar surface area (TPSA) is 44.2 Å². The first-order valence-corrected chi connectivity index (χ1v) is 9.60. The third-order valence-corrected chi connectivity index (χ3v) is 4.65. The standard InChI is InChI=1S/C21H27F3N2O2/c1-6-13(7-2)28-20-18(9-4)25-19(17(8-3)26-20)15-11-10-14(27-5)12-16(15)21(22,23)24/h10-13H,6-9H2,1-5H3. The highest BCUT2D eigenvalue weighted by atomic mass is 19.4. The molecule has 2 rings (SSSR count). The monoisotopic (exact) mass is 396 g/mol. The van der Waals surface area contributed by atoms with E-state index in [9.17, 15) is 13.2 Å². The summed E-state index contributed by atoms with van der Waals surface area (Å²) in [6.45, 7) is 7.78. The molecule has 2 aromatic rings. The molecular formula is C21H27F3N2O2. The lowest BCUT2D eigenvalue weighted by molar-refractivity contribution is -0.137. The molecule has 154 valence electrons. The molecule has 0 saturated carbocycles. The van der Waals surface area contributed by atoms with E-state index in [4.69, 9.17) is 9.47 Å². The third-order valence-electron chi connectivity index (χ3n) is 4.65. The normalized spacial score (nSPS) is 11.8. The Morgan fingerprint density at radius 3 is 2.11 bits per heavy atom. The lowest BCUT2D eigenvalue weighted by Crippen LogP contribution is -2.17. The van der Waals surface area contributed by atoms with E-state index in [0.717, 1.165) is 18.9 Å². The maximum absolute atomic E-state index is 13.7. The van der Waals surface area contributed by atoms with Crippen LogP contribution in [0.25, 0.3) is 11.3 Å². The quantitative estimate of drug-likeness (QED) is 0.560. The number of ether oxygens (including phenoxy) is 2. The molecule has 0 N–H and O–H groups in total. The number of hydrogen-bond donors (Lipinski definition) is 0. The summed E-state index contributed by atoms with van der Waals surface area (Å²) >= 11 is 0. The number of hydrogen-bond acceptors (Lipinski definition) is 4. The zero-order valence-corrected chi connectivity index (χ0v) is 17.0. The van der Waals surface area contributed by atoms with E-state index in [2.05, 4.69) is 9.97 Å². The number of aryl methyl sites for hydroxylation is 2. The van der Waals surface area contributed by atoms with Crippen molar-refractivity contribution in [2.75, 3.05) is 7.11 Å². The lowest BCUT2D eigenvalue weighted by atomic mass is 10.0. The Morgan fingerprint density at radius 1 is 0.964 bits per heavy atom. The van der Waals surface area contributed by atoms with Crippen LogP contribution < -0.4 is 9.47 Å². The second kappa shape index (κ2) is 9.26. The Morgan fingerprint density at radius 2 is 1.61 bits per heavy atom. The van der Waals surface area contributed by atoms with Gasteiger partial charge in [-0.15, -0.1) is 0 Å². The Kier molecular flexibility index (Phi) is 7.27. The summed E-state index contributed by atoms with van der Waals surface area (Å²) in [6.07, 6.45) is -1.94. The van der Waals surface area contributed by atoms with Gasteiger partial charge >= 0.3 is 6.18 Å². The van der Waals surface area contributed by atoms with Gasteiger partial charge in [0.2, 0.25) is 5.88 Å². The molecule has 4 nitrogen and oxygen atoms in total. The SMILES string of the molecule is CCc1nc(-c2ccc(OC)cc2C(F)(F)F)c(CC)nc1OC(CC)CC. The van der Waals surface area contributed by atoms with Gasteiger partial charge in [-0.05, 0) is 43.9 Å². The van der Waals surface area contributed by atoms with Crippen molar-refractivity contribution >= 4 is 0 Å². The van der Waals surface area contributed by atoms with Crippen molar-refractivity contribution in [3.8, 4) is 22.9 Å². The molecule has 0 fully saturated rings. The molecule has 1 aromatic carbocycles. The zero-order chi connectivity index (χ0) is 20.9. The molecule has 0 aliphatic rings. The van der Waals surface area contributed by atoms with Crippen LogP contribution in [0, 0.1) is 0 Å². The molecule has 1 aromatic heterocycles.